The number of nitrogens with zero attached hydrogens (tertiary/aromatic N) is 2. The van der Waals surface area contributed by atoms with Crippen molar-refractivity contribution < 1.29 is 9.47 Å². The molecule has 0 saturated carbocycles. The Labute approximate surface area is 125 Å². The molecule has 2 N–H and O–H groups in total. The number of rotatable bonds is 2. The van der Waals surface area contributed by atoms with Crippen LogP contribution in [0.5, 0.6) is 0 Å². The summed E-state index contributed by atoms with van der Waals surface area (Å²) in [6, 6.07) is 6.02. The summed E-state index contributed by atoms with van der Waals surface area (Å²) in [5.41, 5.74) is 9.35. The summed E-state index contributed by atoms with van der Waals surface area (Å²) in [7, 11) is 0. The third kappa shape index (κ3) is 2.57. The van der Waals surface area contributed by atoms with Gasteiger partial charge in [-0.1, -0.05) is 6.92 Å². The van der Waals surface area contributed by atoms with Crippen LogP contribution in [0.4, 0.5) is 11.4 Å². The number of hydrogen-bond acceptors (Lipinski definition) is 5. The Hall–Kier alpha value is -1.77. The Morgan fingerprint density at radius 2 is 1.95 bits per heavy atom. The SMILES string of the molecule is CCc1cc(N)c(C#N)cc1N1CCC2(CC1)OCCO2. The number of nitrogen functional groups attached to an aromatic ring is 1. The summed E-state index contributed by atoms with van der Waals surface area (Å²) >= 11 is 0. The summed E-state index contributed by atoms with van der Waals surface area (Å²) < 4.78 is 11.5. The zero-order chi connectivity index (χ0) is 14.9. The van der Waals surface area contributed by atoms with Gasteiger partial charge < -0.3 is 20.1 Å². The summed E-state index contributed by atoms with van der Waals surface area (Å²) in [5.74, 6) is -0.366. The van der Waals surface area contributed by atoms with Crippen LogP contribution in [0, 0.1) is 11.3 Å². The minimum Gasteiger partial charge on any atom is -0.398 e. The maximum Gasteiger partial charge on any atom is 0.171 e. The van der Waals surface area contributed by atoms with E-state index in [1.807, 2.05) is 12.1 Å². The standard InChI is InChI=1S/C16H21N3O2/c1-2-12-9-14(18)13(11-17)10-15(12)19-5-3-16(4-6-19)20-7-8-21-16/h9-10H,2-8,18H2,1H3. The first kappa shape index (κ1) is 14.2. The molecule has 112 valence electrons. The highest BCUT2D eigenvalue weighted by molar-refractivity contribution is 5.67. The van der Waals surface area contributed by atoms with Crippen LogP contribution in [0.15, 0.2) is 12.1 Å². The molecule has 1 aromatic rings. The Kier molecular flexibility index (Phi) is 3.75. The lowest BCUT2D eigenvalue weighted by Gasteiger charge is -2.39. The number of anilines is 2. The van der Waals surface area contributed by atoms with Crippen molar-refractivity contribution in [2.24, 2.45) is 0 Å². The molecule has 2 aliphatic heterocycles. The van der Waals surface area contributed by atoms with Crippen molar-refractivity contribution in [1.29, 1.82) is 5.26 Å². The third-order valence-electron chi connectivity index (χ3n) is 4.43. The molecule has 2 heterocycles. The fraction of sp³-hybridized carbons (Fsp3) is 0.562. The van der Waals surface area contributed by atoms with Gasteiger partial charge in [0.05, 0.1) is 18.8 Å². The average molecular weight is 287 g/mol. The van der Waals surface area contributed by atoms with Crippen molar-refractivity contribution in [1.82, 2.24) is 0 Å². The van der Waals surface area contributed by atoms with Gasteiger partial charge in [0.2, 0.25) is 0 Å². The first-order valence-electron chi connectivity index (χ1n) is 7.53. The third-order valence-corrected chi connectivity index (χ3v) is 4.43. The lowest BCUT2D eigenvalue weighted by Crippen LogP contribution is -2.45. The van der Waals surface area contributed by atoms with Gasteiger partial charge in [0, 0.05) is 37.3 Å². The van der Waals surface area contributed by atoms with E-state index >= 15 is 0 Å². The molecule has 0 amide bonds. The molecular weight excluding hydrogens is 266 g/mol. The van der Waals surface area contributed by atoms with Gasteiger partial charge in [0.1, 0.15) is 6.07 Å². The summed E-state index contributed by atoms with van der Waals surface area (Å²) in [6.45, 7) is 5.25. The Morgan fingerprint density at radius 1 is 1.29 bits per heavy atom. The predicted octanol–water partition coefficient (Wildman–Crippen LogP) is 2.05. The van der Waals surface area contributed by atoms with Gasteiger partial charge in [-0.05, 0) is 24.1 Å². The second kappa shape index (κ2) is 5.55. The number of ether oxygens (including phenoxy) is 2. The molecule has 5 heteroatoms. The van der Waals surface area contributed by atoms with Crippen LogP contribution >= 0.6 is 0 Å². The molecule has 2 aliphatic rings. The van der Waals surface area contributed by atoms with E-state index in [1.165, 1.54) is 5.56 Å². The Morgan fingerprint density at radius 3 is 2.52 bits per heavy atom. The largest absolute Gasteiger partial charge is 0.398 e. The maximum absolute atomic E-state index is 9.18. The van der Waals surface area contributed by atoms with E-state index in [9.17, 15) is 5.26 Å². The highest BCUT2D eigenvalue weighted by Gasteiger charge is 2.40. The van der Waals surface area contributed by atoms with Crippen molar-refractivity contribution in [3.63, 3.8) is 0 Å². The second-order valence-electron chi connectivity index (χ2n) is 5.63. The van der Waals surface area contributed by atoms with Crippen LogP contribution < -0.4 is 10.6 Å². The van der Waals surface area contributed by atoms with Gasteiger partial charge in [0.25, 0.3) is 0 Å². The van der Waals surface area contributed by atoms with E-state index in [2.05, 4.69) is 17.9 Å². The van der Waals surface area contributed by atoms with Crippen molar-refractivity contribution in [3.05, 3.63) is 23.3 Å². The lowest BCUT2D eigenvalue weighted by molar-refractivity contribution is -0.169. The molecule has 1 spiro atoms. The summed E-state index contributed by atoms with van der Waals surface area (Å²) in [4.78, 5) is 2.31. The average Bonchev–Trinajstić information content (AvgIpc) is 2.96. The minimum atomic E-state index is -0.366. The van der Waals surface area contributed by atoms with Gasteiger partial charge in [-0.15, -0.1) is 0 Å². The zero-order valence-electron chi connectivity index (χ0n) is 12.4. The summed E-state index contributed by atoms with van der Waals surface area (Å²) in [5, 5.41) is 9.18. The molecule has 2 saturated heterocycles. The van der Waals surface area contributed by atoms with Crippen molar-refractivity contribution in [2.75, 3.05) is 36.9 Å². The van der Waals surface area contributed by atoms with Gasteiger partial charge in [-0.2, -0.15) is 5.26 Å². The Balaban J connectivity index is 1.83. The fourth-order valence-electron chi connectivity index (χ4n) is 3.20. The molecule has 1 aromatic carbocycles. The molecule has 0 aromatic heterocycles. The van der Waals surface area contributed by atoms with Crippen LogP contribution in [-0.4, -0.2) is 32.1 Å². The van der Waals surface area contributed by atoms with Crippen molar-refractivity contribution in [3.8, 4) is 6.07 Å². The molecule has 0 radical (unpaired) electrons. The normalized spacial score (nSPS) is 20.7. The smallest absolute Gasteiger partial charge is 0.171 e. The maximum atomic E-state index is 9.18. The quantitative estimate of drug-likeness (QED) is 0.843. The predicted molar refractivity (Wildman–Crippen MR) is 81.0 cm³/mol. The molecule has 0 atom stereocenters. The van der Waals surface area contributed by atoms with E-state index in [0.29, 0.717) is 24.5 Å². The van der Waals surface area contributed by atoms with Crippen LogP contribution in [0.25, 0.3) is 0 Å². The van der Waals surface area contributed by atoms with Crippen LogP contribution in [-0.2, 0) is 15.9 Å². The number of hydrogen-bond donors (Lipinski definition) is 1. The van der Waals surface area contributed by atoms with Crippen LogP contribution in [0.3, 0.4) is 0 Å². The monoisotopic (exact) mass is 287 g/mol. The minimum absolute atomic E-state index is 0.366. The topological polar surface area (TPSA) is 71.5 Å². The van der Waals surface area contributed by atoms with E-state index in [-0.39, 0.29) is 5.79 Å². The molecule has 21 heavy (non-hydrogen) atoms. The number of aryl methyl sites for hydroxylation is 1. The van der Waals surface area contributed by atoms with Crippen LogP contribution in [0.1, 0.15) is 30.9 Å². The van der Waals surface area contributed by atoms with E-state index < -0.39 is 0 Å². The molecule has 0 unspecified atom stereocenters. The molecular formula is C16H21N3O2. The van der Waals surface area contributed by atoms with Crippen molar-refractivity contribution >= 4 is 11.4 Å². The van der Waals surface area contributed by atoms with Crippen LogP contribution in [0.2, 0.25) is 0 Å². The first-order chi connectivity index (χ1) is 10.2. The number of nitrogens with two attached hydrogens (primary N) is 1. The van der Waals surface area contributed by atoms with Gasteiger partial charge in [0.15, 0.2) is 5.79 Å². The Bertz CT molecular complexity index is 564. The number of benzene rings is 1. The van der Waals surface area contributed by atoms with Gasteiger partial charge in [-0.3, -0.25) is 0 Å². The zero-order valence-corrected chi connectivity index (χ0v) is 12.4. The van der Waals surface area contributed by atoms with Gasteiger partial charge >= 0.3 is 0 Å². The number of piperidine rings is 1. The van der Waals surface area contributed by atoms with Gasteiger partial charge in [-0.25, -0.2) is 0 Å². The molecule has 0 bridgehead atoms. The lowest BCUT2D eigenvalue weighted by atomic mass is 9.99. The fourth-order valence-corrected chi connectivity index (χ4v) is 3.20. The second-order valence-corrected chi connectivity index (χ2v) is 5.63. The number of nitriles is 1. The molecule has 0 aliphatic carbocycles. The van der Waals surface area contributed by atoms with Crippen molar-refractivity contribution in [2.45, 2.75) is 32.0 Å². The van der Waals surface area contributed by atoms with E-state index in [0.717, 1.165) is 38.0 Å². The molecule has 2 fully saturated rings. The van der Waals surface area contributed by atoms with E-state index in [4.69, 9.17) is 15.2 Å². The molecule has 5 nitrogen and oxygen atoms in total. The molecule has 3 rings (SSSR count). The first-order valence-corrected chi connectivity index (χ1v) is 7.53. The van der Waals surface area contributed by atoms with E-state index in [1.54, 1.807) is 0 Å². The summed E-state index contributed by atoms with van der Waals surface area (Å²) in [6.07, 6.45) is 2.63. The highest BCUT2D eigenvalue weighted by Crippen LogP contribution is 2.35. The highest BCUT2D eigenvalue weighted by atomic mass is 16.7.